The predicted molar refractivity (Wildman–Crippen MR) is 72.7 cm³/mol. The average molecular weight is 380 g/mol. The Balaban J connectivity index is 2.34. The monoisotopic (exact) mass is 378 g/mol. The molecule has 0 saturated heterocycles. The van der Waals surface area contributed by atoms with Crippen LogP contribution >= 0.6 is 54.5 Å². The van der Waals surface area contributed by atoms with Crippen LogP contribution in [0.1, 0.15) is 19.3 Å². The molecule has 0 atom stereocenters. The minimum Gasteiger partial charge on any atom is -0.284 e. The minimum absolute atomic E-state index is 0.449. The van der Waals surface area contributed by atoms with Crippen molar-refractivity contribution >= 4 is 66.1 Å². The Kier molecular flexibility index (Phi) is 3.73. The quantitative estimate of drug-likeness (QED) is 0.585. The van der Waals surface area contributed by atoms with Gasteiger partial charge in [0.15, 0.2) is 0 Å². The van der Waals surface area contributed by atoms with Gasteiger partial charge in [0.2, 0.25) is 11.6 Å². The fourth-order valence-electron chi connectivity index (χ4n) is 1.12. The summed E-state index contributed by atoms with van der Waals surface area (Å²) in [5.41, 5.74) is 0. The molecule has 0 N–H and O–H groups in total. The van der Waals surface area contributed by atoms with Crippen LogP contribution in [0, 0.1) is 0 Å². The molecule has 0 aromatic carbocycles. The third-order valence-electron chi connectivity index (χ3n) is 1.85. The summed E-state index contributed by atoms with van der Waals surface area (Å²) < 4.78 is 1.34. The fraction of sp³-hybridized carbons (Fsp3) is 0. The van der Waals surface area contributed by atoms with E-state index in [0.717, 1.165) is 0 Å². The second-order valence-corrected chi connectivity index (χ2v) is 6.39. The van der Waals surface area contributed by atoms with Crippen molar-refractivity contribution in [2.75, 3.05) is 0 Å². The molecule has 2 aromatic heterocycles. The third-order valence-corrected chi connectivity index (χ3v) is 5.53. The standard InChI is InChI=1S/C10H4Br2O2S2/c11-5-1-3-15-9(5)7(13)8(14)10-6(12)2-4-16-10/h1-4H. The van der Waals surface area contributed by atoms with Crippen LogP contribution in [0.5, 0.6) is 0 Å². The van der Waals surface area contributed by atoms with Crippen molar-refractivity contribution in [2.45, 2.75) is 0 Å². The smallest absolute Gasteiger partial charge is 0.245 e. The van der Waals surface area contributed by atoms with Gasteiger partial charge in [-0.05, 0) is 54.8 Å². The van der Waals surface area contributed by atoms with Gasteiger partial charge in [-0.3, -0.25) is 9.59 Å². The van der Waals surface area contributed by atoms with Crippen molar-refractivity contribution in [3.05, 3.63) is 41.6 Å². The summed E-state index contributed by atoms with van der Waals surface area (Å²) in [4.78, 5) is 24.7. The van der Waals surface area contributed by atoms with Gasteiger partial charge in [0, 0.05) is 8.95 Å². The highest BCUT2D eigenvalue weighted by Crippen LogP contribution is 2.28. The fourth-order valence-corrected chi connectivity index (χ4v) is 4.09. The van der Waals surface area contributed by atoms with E-state index in [1.54, 1.807) is 22.9 Å². The van der Waals surface area contributed by atoms with Crippen molar-refractivity contribution in [1.82, 2.24) is 0 Å². The number of ketones is 2. The van der Waals surface area contributed by atoms with Gasteiger partial charge in [0.05, 0.1) is 9.75 Å². The molecule has 0 spiro atoms. The first kappa shape index (κ1) is 12.2. The van der Waals surface area contributed by atoms with Crippen LogP contribution in [0.3, 0.4) is 0 Å². The molecular formula is C10H4Br2O2S2. The van der Waals surface area contributed by atoms with Gasteiger partial charge in [-0.25, -0.2) is 0 Å². The number of Topliss-reactive ketones (excluding diaryl/α,β-unsaturated/α-hetero) is 2. The Hall–Kier alpha value is -0.300. The molecule has 0 amide bonds. The van der Waals surface area contributed by atoms with Crippen molar-refractivity contribution in [3.63, 3.8) is 0 Å². The van der Waals surface area contributed by atoms with Crippen LogP contribution in [-0.2, 0) is 0 Å². The molecule has 82 valence electrons. The van der Waals surface area contributed by atoms with E-state index in [-0.39, 0.29) is 0 Å². The number of carbonyl (C=O) groups is 2. The molecule has 0 bridgehead atoms. The van der Waals surface area contributed by atoms with Crippen LogP contribution in [-0.4, -0.2) is 11.6 Å². The number of thiophene rings is 2. The molecule has 16 heavy (non-hydrogen) atoms. The van der Waals surface area contributed by atoms with E-state index >= 15 is 0 Å². The highest BCUT2D eigenvalue weighted by Gasteiger charge is 2.24. The number of carbonyl (C=O) groups excluding carboxylic acids is 2. The van der Waals surface area contributed by atoms with Gasteiger partial charge in [0.25, 0.3) is 0 Å². The lowest BCUT2D eigenvalue weighted by molar-refractivity contribution is 0.0821. The SMILES string of the molecule is O=C(C(=O)c1sccc1Br)c1sccc1Br. The van der Waals surface area contributed by atoms with Gasteiger partial charge >= 0.3 is 0 Å². The number of hydrogen-bond acceptors (Lipinski definition) is 4. The second kappa shape index (κ2) is 4.91. The van der Waals surface area contributed by atoms with Crippen molar-refractivity contribution in [3.8, 4) is 0 Å². The lowest BCUT2D eigenvalue weighted by Gasteiger charge is -1.96. The van der Waals surface area contributed by atoms with Crippen molar-refractivity contribution < 1.29 is 9.59 Å². The first-order valence-corrected chi connectivity index (χ1v) is 7.51. The van der Waals surface area contributed by atoms with Crippen molar-refractivity contribution in [2.24, 2.45) is 0 Å². The summed E-state index contributed by atoms with van der Waals surface area (Å²) in [6.07, 6.45) is 0. The lowest BCUT2D eigenvalue weighted by atomic mass is 10.2. The van der Waals surface area contributed by atoms with E-state index in [2.05, 4.69) is 31.9 Å². The molecule has 0 aliphatic rings. The first-order valence-electron chi connectivity index (χ1n) is 4.16. The minimum atomic E-state index is -0.468. The van der Waals surface area contributed by atoms with E-state index in [4.69, 9.17) is 0 Å². The predicted octanol–water partition coefficient (Wildman–Crippen LogP) is 4.40. The highest BCUT2D eigenvalue weighted by atomic mass is 79.9. The molecule has 0 saturated carbocycles. The summed E-state index contributed by atoms with van der Waals surface area (Å²) in [7, 11) is 0. The number of halogens is 2. The van der Waals surface area contributed by atoms with Crippen LogP contribution < -0.4 is 0 Å². The van der Waals surface area contributed by atoms with Gasteiger partial charge in [0.1, 0.15) is 0 Å². The van der Waals surface area contributed by atoms with Gasteiger partial charge in [-0.1, -0.05) is 0 Å². The Morgan fingerprint density at radius 3 is 1.50 bits per heavy atom. The Morgan fingerprint density at radius 1 is 0.875 bits per heavy atom. The molecule has 0 radical (unpaired) electrons. The summed E-state index contributed by atoms with van der Waals surface area (Å²) in [6, 6.07) is 3.52. The normalized spacial score (nSPS) is 10.4. The topological polar surface area (TPSA) is 34.1 Å². The van der Waals surface area contributed by atoms with E-state index in [1.807, 2.05) is 0 Å². The summed E-state index contributed by atoms with van der Waals surface area (Å²) in [5, 5.41) is 3.54. The van der Waals surface area contributed by atoms with Crippen LogP contribution in [0.25, 0.3) is 0 Å². The summed E-state index contributed by atoms with van der Waals surface area (Å²) in [5.74, 6) is -0.935. The maximum Gasteiger partial charge on any atom is 0.245 e. The largest absolute Gasteiger partial charge is 0.284 e. The van der Waals surface area contributed by atoms with Gasteiger partial charge in [-0.2, -0.15) is 0 Å². The van der Waals surface area contributed by atoms with E-state index < -0.39 is 11.6 Å². The third kappa shape index (κ3) is 2.20. The van der Waals surface area contributed by atoms with Gasteiger partial charge < -0.3 is 0 Å². The maximum atomic E-state index is 11.9. The lowest BCUT2D eigenvalue weighted by Crippen LogP contribution is -2.12. The summed E-state index contributed by atoms with van der Waals surface area (Å²) >= 11 is 9.01. The Bertz CT molecular complexity index is 506. The van der Waals surface area contributed by atoms with Crippen LogP contribution in [0.15, 0.2) is 31.8 Å². The maximum absolute atomic E-state index is 11.9. The Morgan fingerprint density at radius 2 is 1.25 bits per heavy atom. The van der Waals surface area contributed by atoms with Crippen molar-refractivity contribution in [1.29, 1.82) is 0 Å². The van der Waals surface area contributed by atoms with Crippen LogP contribution in [0.2, 0.25) is 0 Å². The average Bonchev–Trinajstić information content (AvgIpc) is 2.85. The van der Waals surface area contributed by atoms with E-state index in [0.29, 0.717) is 18.7 Å². The van der Waals surface area contributed by atoms with E-state index in [9.17, 15) is 9.59 Å². The summed E-state index contributed by atoms with van der Waals surface area (Å²) in [6.45, 7) is 0. The molecule has 2 aromatic rings. The molecule has 2 nitrogen and oxygen atoms in total. The highest BCUT2D eigenvalue weighted by molar-refractivity contribution is 9.11. The number of hydrogen-bond donors (Lipinski definition) is 0. The molecule has 0 aliphatic carbocycles. The molecule has 2 heterocycles. The molecule has 6 heteroatoms. The zero-order valence-corrected chi connectivity index (χ0v) is 12.5. The van der Waals surface area contributed by atoms with Crippen LogP contribution in [0.4, 0.5) is 0 Å². The Labute approximate surface area is 117 Å². The second-order valence-electron chi connectivity index (χ2n) is 2.85. The first-order chi connectivity index (χ1) is 7.61. The molecular weight excluding hydrogens is 376 g/mol. The zero-order chi connectivity index (χ0) is 11.7. The molecule has 0 fully saturated rings. The number of rotatable bonds is 3. The zero-order valence-electron chi connectivity index (χ0n) is 7.70. The van der Waals surface area contributed by atoms with E-state index in [1.165, 1.54) is 22.7 Å². The molecule has 2 rings (SSSR count). The molecule has 0 aliphatic heterocycles. The van der Waals surface area contributed by atoms with Gasteiger partial charge in [-0.15, -0.1) is 22.7 Å². The molecule has 0 unspecified atom stereocenters.